The van der Waals surface area contributed by atoms with E-state index >= 15 is 0 Å². The molecule has 0 N–H and O–H groups in total. The van der Waals surface area contributed by atoms with Crippen LogP contribution in [0.25, 0.3) is 0 Å². The van der Waals surface area contributed by atoms with Crippen LogP contribution in [0.5, 0.6) is 0 Å². The molecule has 0 atom stereocenters. The van der Waals surface area contributed by atoms with Crippen LogP contribution in [-0.2, 0) is 0 Å². The molecule has 2 aromatic heterocycles. The maximum absolute atomic E-state index is 12.9. The highest BCUT2D eigenvalue weighted by Crippen LogP contribution is 2.15. The van der Waals surface area contributed by atoms with Gasteiger partial charge in [-0.25, -0.2) is 9.97 Å². The summed E-state index contributed by atoms with van der Waals surface area (Å²) in [6.45, 7) is 5.73. The van der Waals surface area contributed by atoms with Gasteiger partial charge in [-0.1, -0.05) is 12.1 Å². The van der Waals surface area contributed by atoms with Gasteiger partial charge in [0.15, 0.2) is 0 Å². The van der Waals surface area contributed by atoms with Gasteiger partial charge in [0.25, 0.3) is 11.8 Å². The average molecular weight is 394 g/mol. The zero-order valence-electron chi connectivity index (χ0n) is 16.7. The zero-order valence-corrected chi connectivity index (χ0v) is 16.7. The third-order valence-electron chi connectivity index (χ3n) is 5.52. The number of carbonyl (C=O) groups excluding carboxylic acids is 2. The predicted molar refractivity (Wildman–Crippen MR) is 110 cm³/mol. The molecule has 0 unspecified atom stereocenters. The van der Waals surface area contributed by atoms with Gasteiger partial charge >= 0.3 is 0 Å². The topological polar surface area (TPSA) is 72.9 Å². The van der Waals surface area contributed by atoms with Crippen molar-refractivity contribution in [1.82, 2.24) is 24.7 Å². The number of anilines is 1. The molecular weight excluding hydrogens is 368 g/mol. The number of hydrogen-bond donors (Lipinski definition) is 0. The summed E-state index contributed by atoms with van der Waals surface area (Å²) in [7, 11) is 2.05. The van der Waals surface area contributed by atoms with Crippen LogP contribution in [0.15, 0.2) is 42.6 Å². The number of rotatable bonds is 3. The Kier molecular flexibility index (Phi) is 5.71. The molecule has 0 bridgehead atoms. The molecule has 4 rings (SSSR count). The van der Waals surface area contributed by atoms with E-state index in [1.807, 2.05) is 30.1 Å². The second kappa shape index (κ2) is 8.57. The Morgan fingerprint density at radius 3 is 1.90 bits per heavy atom. The molecule has 0 aliphatic carbocycles. The molecule has 152 valence electrons. The van der Waals surface area contributed by atoms with Crippen molar-refractivity contribution in [2.45, 2.75) is 0 Å². The summed E-state index contributed by atoms with van der Waals surface area (Å²) in [6, 6.07) is 11.0. The number of aromatic nitrogens is 2. The summed E-state index contributed by atoms with van der Waals surface area (Å²) in [5, 5.41) is 0. The third kappa shape index (κ3) is 4.37. The quantitative estimate of drug-likeness (QED) is 0.768. The fraction of sp³-hybridized carbons (Fsp3) is 0.429. The van der Waals surface area contributed by atoms with Crippen molar-refractivity contribution in [2.24, 2.45) is 0 Å². The fourth-order valence-electron chi connectivity index (χ4n) is 3.69. The highest BCUT2D eigenvalue weighted by atomic mass is 16.2. The molecule has 29 heavy (non-hydrogen) atoms. The summed E-state index contributed by atoms with van der Waals surface area (Å²) in [6.07, 6.45) is 1.78. The van der Waals surface area contributed by atoms with Gasteiger partial charge in [0, 0.05) is 58.6 Å². The van der Waals surface area contributed by atoms with E-state index in [0.29, 0.717) is 37.6 Å². The van der Waals surface area contributed by atoms with E-state index in [-0.39, 0.29) is 11.8 Å². The van der Waals surface area contributed by atoms with Crippen LogP contribution in [0.3, 0.4) is 0 Å². The van der Waals surface area contributed by atoms with Crippen LogP contribution in [0, 0.1) is 0 Å². The average Bonchev–Trinajstić information content (AvgIpc) is 2.79. The number of pyridine rings is 2. The number of likely N-dealkylation sites (N-methyl/N-ethyl adjacent to an activating group) is 1. The molecule has 2 fully saturated rings. The molecule has 4 heterocycles. The minimum atomic E-state index is -0.126. The molecular formula is C21H26N6O2. The number of amides is 2. The van der Waals surface area contributed by atoms with E-state index in [0.717, 1.165) is 32.0 Å². The third-order valence-corrected chi connectivity index (χ3v) is 5.52. The number of nitrogens with zero attached hydrogens (tertiary/aromatic N) is 6. The minimum absolute atomic E-state index is 0.104. The summed E-state index contributed by atoms with van der Waals surface area (Å²) in [5.74, 6) is 0.698. The molecule has 2 saturated heterocycles. The van der Waals surface area contributed by atoms with Crippen molar-refractivity contribution in [3.63, 3.8) is 0 Å². The van der Waals surface area contributed by atoms with Gasteiger partial charge in [-0.3, -0.25) is 9.59 Å². The monoisotopic (exact) mass is 394 g/mol. The van der Waals surface area contributed by atoms with E-state index in [1.165, 1.54) is 0 Å². The molecule has 0 aromatic carbocycles. The number of carbonyl (C=O) groups is 2. The van der Waals surface area contributed by atoms with Gasteiger partial charge in [0.1, 0.15) is 17.2 Å². The summed E-state index contributed by atoms with van der Waals surface area (Å²) >= 11 is 0. The predicted octanol–water partition coefficient (Wildman–Crippen LogP) is 0.827. The van der Waals surface area contributed by atoms with Crippen molar-refractivity contribution >= 4 is 17.6 Å². The van der Waals surface area contributed by atoms with Gasteiger partial charge in [-0.2, -0.15) is 0 Å². The lowest BCUT2D eigenvalue weighted by atomic mass is 10.2. The number of piperazine rings is 2. The largest absolute Gasteiger partial charge is 0.353 e. The van der Waals surface area contributed by atoms with Crippen LogP contribution in [0.4, 0.5) is 5.82 Å². The van der Waals surface area contributed by atoms with E-state index < -0.39 is 0 Å². The molecule has 8 heteroatoms. The Labute approximate surface area is 170 Å². The van der Waals surface area contributed by atoms with Gasteiger partial charge in [0.2, 0.25) is 0 Å². The van der Waals surface area contributed by atoms with Crippen LogP contribution in [0.2, 0.25) is 0 Å². The first-order valence-electron chi connectivity index (χ1n) is 10.0. The lowest BCUT2D eigenvalue weighted by molar-refractivity contribution is 0.0657. The van der Waals surface area contributed by atoms with Crippen molar-refractivity contribution in [3.05, 3.63) is 54.0 Å². The van der Waals surface area contributed by atoms with Crippen molar-refractivity contribution < 1.29 is 9.59 Å². The second-order valence-corrected chi connectivity index (χ2v) is 7.47. The van der Waals surface area contributed by atoms with Crippen molar-refractivity contribution in [3.8, 4) is 0 Å². The Hall–Kier alpha value is -3.00. The smallest absolute Gasteiger partial charge is 0.272 e. The summed E-state index contributed by atoms with van der Waals surface area (Å²) in [4.78, 5) is 42.4. The van der Waals surface area contributed by atoms with E-state index in [1.54, 1.807) is 29.3 Å². The molecule has 2 aliphatic rings. The molecule has 0 saturated carbocycles. The first kappa shape index (κ1) is 19.3. The molecule has 0 spiro atoms. The first-order chi connectivity index (χ1) is 14.1. The first-order valence-corrected chi connectivity index (χ1v) is 10.0. The molecule has 0 radical (unpaired) electrons. The molecule has 2 amide bonds. The minimum Gasteiger partial charge on any atom is -0.353 e. The second-order valence-electron chi connectivity index (χ2n) is 7.47. The fourth-order valence-corrected chi connectivity index (χ4v) is 3.69. The lowest BCUT2D eigenvalue weighted by Gasteiger charge is -2.35. The maximum atomic E-state index is 12.9. The normalized spacial score (nSPS) is 18.0. The Bertz CT molecular complexity index is 858. The van der Waals surface area contributed by atoms with Crippen molar-refractivity contribution in [2.75, 3.05) is 64.3 Å². The van der Waals surface area contributed by atoms with Gasteiger partial charge in [-0.05, 0) is 31.3 Å². The van der Waals surface area contributed by atoms with E-state index in [2.05, 4.69) is 19.8 Å². The highest BCUT2D eigenvalue weighted by Gasteiger charge is 2.26. The van der Waals surface area contributed by atoms with E-state index in [4.69, 9.17) is 0 Å². The van der Waals surface area contributed by atoms with E-state index in [9.17, 15) is 9.59 Å². The molecule has 8 nitrogen and oxygen atoms in total. The lowest BCUT2D eigenvalue weighted by Crippen LogP contribution is -2.49. The summed E-state index contributed by atoms with van der Waals surface area (Å²) < 4.78 is 0. The SMILES string of the molecule is CN1CCN(C(=O)c2cccc(C(=O)N3CCN(c4ccccn4)CC3)n2)CC1. The standard InChI is InChI=1S/C21H26N6O2/c1-24-9-11-26(12-10-24)20(28)17-5-4-6-18(23-17)21(29)27-15-13-25(14-16-27)19-7-2-3-8-22-19/h2-8H,9-16H2,1H3. The van der Waals surface area contributed by atoms with Gasteiger partial charge in [0.05, 0.1) is 0 Å². The summed E-state index contributed by atoms with van der Waals surface area (Å²) in [5.41, 5.74) is 0.670. The molecule has 2 aromatic rings. The zero-order chi connectivity index (χ0) is 20.2. The van der Waals surface area contributed by atoms with Crippen LogP contribution in [0.1, 0.15) is 21.0 Å². The van der Waals surface area contributed by atoms with Crippen molar-refractivity contribution in [1.29, 1.82) is 0 Å². The van der Waals surface area contributed by atoms with Gasteiger partial charge < -0.3 is 19.6 Å². The highest BCUT2D eigenvalue weighted by molar-refractivity contribution is 5.96. The van der Waals surface area contributed by atoms with Crippen LogP contribution >= 0.6 is 0 Å². The number of hydrogen-bond acceptors (Lipinski definition) is 6. The Balaban J connectivity index is 1.39. The Morgan fingerprint density at radius 2 is 1.34 bits per heavy atom. The Morgan fingerprint density at radius 1 is 0.759 bits per heavy atom. The molecule has 2 aliphatic heterocycles. The maximum Gasteiger partial charge on any atom is 0.272 e. The van der Waals surface area contributed by atoms with Crippen LogP contribution in [-0.4, -0.2) is 95.9 Å². The van der Waals surface area contributed by atoms with Gasteiger partial charge in [-0.15, -0.1) is 0 Å². The van der Waals surface area contributed by atoms with Crippen LogP contribution < -0.4 is 4.90 Å².